The number of rotatable bonds is 2. The van der Waals surface area contributed by atoms with Gasteiger partial charge in [-0.2, -0.15) is 0 Å². The molecule has 0 aliphatic rings. The average molecular weight is 243 g/mol. The van der Waals surface area contributed by atoms with Crippen molar-refractivity contribution < 1.29 is 14.4 Å². The normalized spacial score (nSPS) is 10.9. The summed E-state index contributed by atoms with van der Waals surface area (Å²) in [4.78, 5) is 14.2. The van der Waals surface area contributed by atoms with Gasteiger partial charge < -0.3 is 20.3 Å². The Morgan fingerprint density at radius 3 is 3.00 bits per heavy atom. The van der Waals surface area contributed by atoms with Gasteiger partial charge in [-0.05, 0) is 18.2 Å². The number of nitrogens with zero attached hydrogens (tertiary/aromatic N) is 1. The van der Waals surface area contributed by atoms with Crippen molar-refractivity contribution in [1.82, 2.24) is 10.1 Å². The van der Waals surface area contributed by atoms with Gasteiger partial charge in [0.05, 0.1) is 0 Å². The Labute approximate surface area is 101 Å². The second-order valence-corrected chi connectivity index (χ2v) is 3.86. The van der Waals surface area contributed by atoms with Crippen LogP contribution in [0.5, 0.6) is 0 Å². The van der Waals surface area contributed by atoms with Gasteiger partial charge in [0.25, 0.3) is 0 Å². The van der Waals surface area contributed by atoms with E-state index in [1.807, 2.05) is 24.4 Å². The summed E-state index contributed by atoms with van der Waals surface area (Å²) in [6, 6.07) is 7.34. The lowest BCUT2D eigenvalue weighted by molar-refractivity contribution is 0.0698. The van der Waals surface area contributed by atoms with Crippen LogP contribution in [-0.4, -0.2) is 21.2 Å². The largest absolute Gasteiger partial charge is 0.477 e. The number of aromatic nitrogens is 2. The average Bonchev–Trinajstić information content (AvgIpc) is 2.93. The number of nitrogens with two attached hydrogens (primary N) is 1. The molecule has 90 valence electrons. The number of aromatic carboxylic acids is 1. The maximum atomic E-state index is 11.1. The van der Waals surface area contributed by atoms with Crippen LogP contribution in [0.2, 0.25) is 0 Å². The van der Waals surface area contributed by atoms with E-state index in [9.17, 15) is 4.79 Å². The van der Waals surface area contributed by atoms with Gasteiger partial charge in [-0.3, -0.25) is 0 Å². The zero-order valence-electron chi connectivity index (χ0n) is 9.18. The molecule has 0 aliphatic heterocycles. The molecule has 0 atom stereocenters. The molecule has 2 heterocycles. The lowest BCUT2D eigenvalue weighted by Gasteiger charge is -1.98. The van der Waals surface area contributed by atoms with Crippen LogP contribution in [0.15, 0.2) is 35.0 Å². The van der Waals surface area contributed by atoms with E-state index in [1.165, 1.54) is 0 Å². The number of aromatic amines is 1. The van der Waals surface area contributed by atoms with Crippen LogP contribution >= 0.6 is 0 Å². The molecule has 0 unspecified atom stereocenters. The molecule has 2 aromatic heterocycles. The number of anilines is 1. The summed E-state index contributed by atoms with van der Waals surface area (Å²) in [6.45, 7) is 0. The van der Waals surface area contributed by atoms with E-state index < -0.39 is 5.97 Å². The summed E-state index contributed by atoms with van der Waals surface area (Å²) in [7, 11) is 0. The van der Waals surface area contributed by atoms with Crippen molar-refractivity contribution in [2.75, 3.05) is 5.73 Å². The fraction of sp³-hybridized carbons (Fsp3) is 0. The molecule has 6 heteroatoms. The quantitative estimate of drug-likeness (QED) is 0.639. The Morgan fingerprint density at radius 1 is 1.39 bits per heavy atom. The van der Waals surface area contributed by atoms with Crippen molar-refractivity contribution >= 4 is 22.8 Å². The Kier molecular flexibility index (Phi) is 2.09. The maximum Gasteiger partial charge on any atom is 0.343 e. The van der Waals surface area contributed by atoms with Gasteiger partial charge in [-0.1, -0.05) is 11.2 Å². The van der Waals surface area contributed by atoms with E-state index >= 15 is 0 Å². The van der Waals surface area contributed by atoms with Gasteiger partial charge in [0, 0.05) is 22.7 Å². The summed E-state index contributed by atoms with van der Waals surface area (Å²) >= 11 is 0. The van der Waals surface area contributed by atoms with E-state index in [0.29, 0.717) is 5.56 Å². The highest BCUT2D eigenvalue weighted by Crippen LogP contribution is 2.29. The van der Waals surface area contributed by atoms with Crippen molar-refractivity contribution in [3.8, 4) is 11.3 Å². The Morgan fingerprint density at radius 2 is 2.22 bits per heavy atom. The summed E-state index contributed by atoms with van der Waals surface area (Å²) in [5.74, 6) is -1.34. The van der Waals surface area contributed by atoms with Crippen LogP contribution in [0.4, 0.5) is 5.88 Å². The van der Waals surface area contributed by atoms with Crippen molar-refractivity contribution in [2.24, 2.45) is 0 Å². The first-order valence-corrected chi connectivity index (χ1v) is 5.23. The number of nitrogens with one attached hydrogen (secondary N) is 1. The van der Waals surface area contributed by atoms with Crippen LogP contribution in [-0.2, 0) is 0 Å². The van der Waals surface area contributed by atoms with E-state index in [2.05, 4.69) is 10.1 Å². The standard InChI is InChI=1S/C12H9N3O3/c13-11-9(12(16)17)10(15-18-11)7-1-2-8-6(5-7)3-4-14-8/h1-5,14H,13H2,(H,16,17). The molecule has 18 heavy (non-hydrogen) atoms. The first-order chi connectivity index (χ1) is 8.66. The van der Waals surface area contributed by atoms with Gasteiger partial charge in [-0.15, -0.1) is 0 Å². The second-order valence-electron chi connectivity index (χ2n) is 3.86. The van der Waals surface area contributed by atoms with Crippen molar-refractivity contribution in [2.45, 2.75) is 0 Å². The topological polar surface area (TPSA) is 105 Å². The van der Waals surface area contributed by atoms with Crippen LogP contribution < -0.4 is 5.73 Å². The zero-order chi connectivity index (χ0) is 12.7. The predicted octanol–water partition coefficient (Wildman–Crippen LogP) is 2.10. The minimum absolute atomic E-state index is 0.107. The van der Waals surface area contributed by atoms with E-state index in [0.717, 1.165) is 10.9 Å². The molecule has 0 spiro atoms. The van der Waals surface area contributed by atoms with Gasteiger partial charge in [0.1, 0.15) is 5.69 Å². The fourth-order valence-electron chi connectivity index (χ4n) is 1.91. The number of hydrogen-bond donors (Lipinski definition) is 3. The van der Waals surface area contributed by atoms with Gasteiger partial charge in [-0.25, -0.2) is 4.79 Å². The third-order valence-electron chi connectivity index (χ3n) is 2.76. The highest BCUT2D eigenvalue weighted by Gasteiger charge is 2.21. The number of H-pyrrole nitrogens is 1. The molecule has 1 aromatic carbocycles. The van der Waals surface area contributed by atoms with E-state index in [-0.39, 0.29) is 17.1 Å². The zero-order valence-corrected chi connectivity index (χ0v) is 9.18. The molecule has 0 fully saturated rings. The maximum absolute atomic E-state index is 11.1. The Balaban J connectivity index is 2.22. The highest BCUT2D eigenvalue weighted by molar-refractivity contribution is 6.00. The Bertz CT molecular complexity index is 742. The van der Waals surface area contributed by atoms with Gasteiger partial charge in [0.15, 0.2) is 5.56 Å². The molecule has 0 saturated heterocycles. The number of carboxylic acids is 1. The van der Waals surface area contributed by atoms with Crippen molar-refractivity contribution in [3.63, 3.8) is 0 Å². The third kappa shape index (κ3) is 1.43. The second kappa shape index (κ2) is 3.63. The first-order valence-electron chi connectivity index (χ1n) is 5.23. The smallest absolute Gasteiger partial charge is 0.343 e. The number of carboxylic acid groups (broad SMARTS) is 1. The molecular weight excluding hydrogens is 234 g/mol. The van der Waals surface area contributed by atoms with Gasteiger partial charge in [0.2, 0.25) is 5.88 Å². The summed E-state index contributed by atoms with van der Waals surface area (Å²) in [5, 5.41) is 13.8. The molecule has 0 aliphatic carbocycles. The van der Waals surface area contributed by atoms with E-state index in [1.54, 1.807) is 6.07 Å². The van der Waals surface area contributed by atoms with Crippen molar-refractivity contribution in [1.29, 1.82) is 0 Å². The van der Waals surface area contributed by atoms with Crippen LogP contribution in [0.3, 0.4) is 0 Å². The number of hydrogen-bond acceptors (Lipinski definition) is 4. The SMILES string of the molecule is Nc1onc(-c2ccc3[nH]ccc3c2)c1C(=O)O. The number of benzene rings is 1. The minimum atomic E-state index is -1.15. The number of fused-ring (bicyclic) bond motifs is 1. The number of nitrogen functional groups attached to an aromatic ring is 1. The molecule has 4 N–H and O–H groups in total. The van der Waals surface area contributed by atoms with Gasteiger partial charge >= 0.3 is 5.97 Å². The molecule has 3 aromatic rings. The number of carbonyl (C=O) groups is 1. The molecule has 0 radical (unpaired) electrons. The highest BCUT2D eigenvalue weighted by atomic mass is 16.5. The first kappa shape index (κ1) is 10.4. The van der Waals surface area contributed by atoms with Crippen LogP contribution in [0.25, 0.3) is 22.2 Å². The van der Waals surface area contributed by atoms with E-state index in [4.69, 9.17) is 15.4 Å². The molecule has 0 amide bonds. The van der Waals surface area contributed by atoms with Crippen molar-refractivity contribution in [3.05, 3.63) is 36.0 Å². The third-order valence-corrected chi connectivity index (χ3v) is 2.76. The fourth-order valence-corrected chi connectivity index (χ4v) is 1.91. The summed E-state index contributed by atoms with van der Waals surface area (Å²) in [5.41, 5.74) is 7.21. The predicted molar refractivity (Wildman–Crippen MR) is 65.2 cm³/mol. The lowest BCUT2D eigenvalue weighted by Crippen LogP contribution is -2.01. The molecule has 3 rings (SSSR count). The van der Waals surface area contributed by atoms with Crippen LogP contribution in [0, 0.1) is 0 Å². The molecule has 0 saturated carbocycles. The molecule has 0 bridgehead atoms. The van der Waals surface area contributed by atoms with Crippen LogP contribution in [0.1, 0.15) is 10.4 Å². The minimum Gasteiger partial charge on any atom is -0.477 e. The molecule has 6 nitrogen and oxygen atoms in total. The summed E-state index contributed by atoms with van der Waals surface area (Å²) in [6.07, 6.45) is 1.81. The molecular formula is C12H9N3O3. The lowest BCUT2D eigenvalue weighted by atomic mass is 10.1. The Hall–Kier alpha value is -2.76. The summed E-state index contributed by atoms with van der Waals surface area (Å²) < 4.78 is 4.74. The monoisotopic (exact) mass is 243 g/mol.